The monoisotopic (exact) mass is 539 g/mol. The van der Waals surface area contributed by atoms with Gasteiger partial charge in [-0.25, -0.2) is 12.7 Å². The molecule has 1 saturated carbocycles. The van der Waals surface area contributed by atoms with Crippen LogP contribution in [0.1, 0.15) is 70.6 Å². The molecule has 8 nitrogen and oxygen atoms in total. The van der Waals surface area contributed by atoms with E-state index in [1.165, 1.54) is 6.42 Å². The molecule has 2 fully saturated rings. The fourth-order valence-corrected chi connectivity index (χ4v) is 7.33. The van der Waals surface area contributed by atoms with Crippen molar-refractivity contribution in [3.63, 3.8) is 0 Å². The van der Waals surface area contributed by atoms with E-state index in [2.05, 4.69) is 20.5 Å². The fraction of sp³-hybridized carbons (Fsp3) is 0.769. The maximum atomic E-state index is 13.4. The molecule has 1 aromatic rings. The van der Waals surface area contributed by atoms with Crippen LogP contribution in [0.3, 0.4) is 0 Å². The van der Waals surface area contributed by atoms with Gasteiger partial charge in [0.15, 0.2) is 5.11 Å². The number of nitrogens with one attached hydrogen (secondary N) is 2. The average molecular weight is 540 g/mol. The molecular formula is C26H45N5O3S2. The van der Waals surface area contributed by atoms with Crippen LogP contribution in [0, 0.1) is 0 Å². The highest BCUT2D eigenvalue weighted by molar-refractivity contribution is 7.89. The molecule has 0 amide bonds. The summed E-state index contributed by atoms with van der Waals surface area (Å²) in [5.41, 5.74) is 0.931. The zero-order chi connectivity index (χ0) is 25.5. The van der Waals surface area contributed by atoms with Crippen molar-refractivity contribution < 1.29 is 13.2 Å². The number of nitrogens with zero attached hydrogens (tertiary/aromatic N) is 3. The number of hydrogen-bond acceptors (Lipinski definition) is 6. The molecule has 2 N–H and O–H groups in total. The Morgan fingerprint density at radius 3 is 2.42 bits per heavy atom. The van der Waals surface area contributed by atoms with Crippen molar-refractivity contribution in [2.45, 2.75) is 75.9 Å². The minimum Gasteiger partial charge on any atom is -0.379 e. The molecule has 1 aliphatic carbocycles. The highest BCUT2D eigenvalue weighted by Gasteiger charge is 2.32. The number of ether oxygens (including phenoxy) is 1. The average Bonchev–Trinajstić information content (AvgIpc) is 2.90. The van der Waals surface area contributed by atoms with Gasteiger partial charge < -0.3 is 15.4 Å². The van der Waals surface area contributed by atoms with Gasteiger partial charge >= 0.3 is 0 Å². The number of unbranched alkanes of at least 4 members (excludes halogenated alkanes) is 4. The van der Waals surface area contributed by atoms with Gasteiger partial charge in [-0.15, -0.1) is 0 Å². The van der Waals surface area contributed by atoms with Gasteiger partial charge in [-0.3, -0.25) is 9.88 Å². The Bertz CT molecular complexity index is 844. The van der Waals surface area contributed by atoms with E-state index in [4.69, 9.17) is 17.0 Å². The second kappa shape index (κ2) is 16.5. The topological polar surface area (TPSA) is 86.8 Å². The van der Waals surface area contributed by atoms with Crippen LogP contribution in [0.15, 0.2) is 24.5 Å². The minimum absolute atomic E-state index is 0.176. The maximum Gasteiger partial charge on any atom is 0.216 e. The molecule has 0 radical (unpaired) electrons. The zero-order valence-corrected chi connectivity index (χ0v) is 23.3. The van der Waals surface area contributed by atoms with Gasteiger partial charge in [-0.2, -0.15) is 0 Å². The van der Waals surface area contributed by atoms with Gasteiger partial charge in [0.05, 0.1) is 18.5 Å². The molecule has 0 atom stereocenters. The molecule has 0 aromatic carbocycles. The largest absolute Gasteiger partial charge is 0.379 e. The number of rotatable bonds is 15. The van der Waals surface area contributed by atoms with Crippen LogP contribution in [0.2, 0.25) is 0 Å². The van der Waals surface area contributed by atoms with E-state index in [9.17, 15) is 8.42 Å². The quantitative estimate of drug-likeness (QED) is 0.255. The number of morpholine rings is 1. The summed E-state index contributed by atoms with van der Waals surface area (Å²) >= 11 is 5.34. The molecule has 1 saturated heterocycles. The maximum absolute atomic E-state index is 13.4. The second-order valence-electron chi connectivity index (χ2n) is 9.90. The number of pyridine rings is 1. The van der Waals surface area contributed by atoms with Gasteiger partial charge in [0.25, 0.3) is 0 Å². The van der Waals surface area contributed by atoms with Crippen molar-refractivity contribution in [2.24, 2.45) is 0 Å². The summed E-state index contributed by atoms with van der Waals surface area (Å²) < 4.78 is 34.1. The third-order valence-electron chi connectivity index (χ3n) is 7.13. The Morgan fingerprint density at radius 2 is 1.67 bits per heavy atom. The SMILES string of the molecule is O=S(=O)(C1CCCCC1)N(CCCCCCCNC(=S)Nc1ccncc1)CCCN1CCOCC1. The first-order valence-electron chi connectivity index (χ1n) is 13.8. The predicted molar refractivity (Wildman–Crippen MR) is 151 cm³/mol. The van der Waals surface area contributed by atoms with E-state index in [0.717, 1.165) is 109 Å². The molecular weight excluding hydrogens is 494 g/mol. The lowest BCUT2D eigenvalue weighted by atomic mass is 10.0. The van der Waals surface area contributed by atoms with Gasteiger partial charge in [0.2, 0.25) is 10.0 Å². The summed E-state index contributed by atoms with van der Waals surface area (Å²) in [6.45, 7) is 6.55. The van der Waals surface area contributed by atoms with Crippen LogP contribution in [-0.4, -0.2) is 85.5 Å². The van der Waals surface area contributed by atoms with Gasteiger partial charge in [-0.05, 0) is 63.0 Å². The minimum atomic E-state index is -3.21. The summed E-state index contributed by atoms with van der Waals surface area (Å²) in [5, 5.41) is 6.85. The number of hydrogen-bond donors (Lipinski definition) is 2. The zero-order valence-electron chi connectivity index (χ0n) is 21.7. The number of thiocarbonyl (C=S) groups is 1. The Hall–Kier alpha value is -1.33. The Balaban J connectivity index is 1.33. The van der Waals surface area contributed by atoms with Crippen molar-refractivity contribution in [3.8, 4) is 0 Å². The van der Waals surface area contributed by atoms with Crippen molar-refractivity contribution in [3.05, 3.63) is 24.5 Å². The van der Waals surface area contributed by atoms with Crippen LogP contribution in [0.4, 0.5) is 5.69 Å². The number of anilines is 1. The predicted octanol–water partition coefficient (Wildman–Crippen LogP) is 4.01. The lowest BCUT2D eigenvalue weighted by molar-refractivity contribution is 0.0369. The molecule has 2 aliphatic rings. The molecule has 204 valence electrons. The van der Waals surface area contributed by atoms with E-state index in [0.29, 0.717) is 18.2 Å². The second-order valence-corrected chi connectivity index (χ2v) is 12.5. The molecule has 36 heavy (non-hydrogen) atoms. The van der Waals surface area contributed by atoms with Crippen LogP contribution in [-0.2, 0) is 14.8 Å². The molecule has 1 aliphatic heterocycles. The van der Waals surface area contributed by atoms with Gasteiger partial charge in [0, 0.05) is 50.8 Å². The standard InChI is InChI=1S/C26H45N5O3S2/c32-36(33,25-10-5-4-6-11-25)31(19-9-17-30-20-22-34-23-21-30)18-8-3-1-2-7-14-28-26(35)29-24-12-15-27-16-13-24/h12-13,15-16,25H,1-11,14,17-23H2,(H2,27,28,29,35). The lowest BCUT2D eigenvalue weighted by Crippen LogP contribution is -2.42. The summed E-state index contributed by atoms with van der Waals surface area (Å²) in [4.78, 5) is 6.39. The van der Waals surface area contributed by atoms with Crippen molar-refractivity contribution in [2.75, 3.05) is 57.8 Å². The van der Waals surface area contributed by atoms with Crippen LogP contribution >= 0.6 is 12.2 Å². The van der Waals surface area contributed by atoms with Gasteiger partial charge in [0.1, 0.15) is 0 Å². The van der Waals surface area contributed by atoms with Crippen molar-refractivity contribution in [1.29, 1.82) is 0 Å². The first kappa shape index (κ1) is 29.2. The summed E-state index contributed by atoms with van der Waals surface area (Å²) in [6, 6.07) is 3.77. The summed E-state index contributed by atoms with van der Waals surface area (Å²) in [6.07, 6.45) is 14.5. The Kier molecular flexibility index (Phi) is 13.4. The third kappa shape index (κ3) is 10.6. The van der Waals surface area contributed by atoms with E-state index in [-0.39, 0.29) is 5.25 Å². The molecule has 0 spiro atoms. The molecule has 0 bridgehead atoms. The highest BCUT2D eigenvalue weighted by atomic mass is 32.2. The molecule has 1 aromatic heterocycles. The third-order valence-corrected chi connectivity index (χ3v) is 9.77. The lowest BCUT2D eigenvalue weighted by Gasteiger charge is -2.31. The number of sulfonamides is 1. The first-order valence-corrected chi connectivity index (χ1v) is 15.7. The van der Waals surface area contributed by atoms with Gasteiger partial charge in [-0.1, -0.05) is 38.5 Å². The van der Waals surface area contributed by atoms with E-state index < -0.39 is 10.0 Å². The summed E-state index contributed by atoms with van der Waals surface area (Å²) in [5.74, 6) is 0. The smallest absolute Gasteiger partial charge is 0.216 e. The summed E-state index contributed by atoms with van der Waals surface area (Å²) in [7, 11) is -3.21. The van der Waals surface area contributed by atoms with E-state index >= 15 is 0 Å². The number of aromatic nitrogens is 1. The van der Waals surface area contributed by atoms with Crippen LogP contribution < -0.4 is 10.6 Å². The Labute approximate surface area is 223 Å². The van der Waals surface area contributed by atoms with Crippen molar-refractivity contribution in [1.82, 2.24) is 19.5 Å². The van der Waals surface area contributed by atoms with Crippen LogP contribution in [0.25, 0.3) is 0 Å². The molecule has 3 rings (SSSR count). The normalized spacial score (nSPS) is 17.8. The first-order chi connectivity index (χ1) is 17.6. The molecule has 0 unspecified atom stereocenters. The Morgan fingerprint density at radius 1 is 1.00 bits per heavy atom. The van der Waals surface area contributed by atoms with Crippen molar-refractivity contribution >= 4 is 33.0 Å². The van der Waals surface area contributed by atoms with E-state index in [1.54, 1.807) is 12.4 Å². The fourth-order valence-electron chi connectivity index (χ4n) is 4.99. The molecule has 10 heteroatoms. The molecule has 2 heterocycles. The van der Waals surface area contributed by atoms with Crippen LogP contribution in [0.5, 0.6) is 0 Å². The van der Waals surface area contributed by atoms with E-state index in [1.807, 2.05) is 16.4 Å². The highest BCUT2D eigenvalue weighted by Crippen LogP contribution is 2.26.